The van der Waals surface area contributed by atoms with E-state index in [4.69, 9.17) is 19.0 Å². The Morgan fingerprint density at radius 1 is 1.35 bits per heavy atom. The molecule has 0 radical (unpaired) electrons. The Morgan fingerprint density at radius 3 is 2.92 bits per heavy atom. The van der Waals surface area contributed by atoms with Crippen molar-refractivity contribution in [2.75, 3.05) is 32.2 Å². The van der Waals surface area contributed by atoms with Crippen LogP contribution in [0.1, 0.15) is 56.7 Å². The fraction of sp³-hybridized carbons (Fsp3) is 0.520. The maximum absolute atomic E-state index is 12.5. The molecule has 1 aliphatic carbocycles. The van der Waals surface area contributed by atoms with Crippen LogP contribution in [0.2, 0.25) is 0 Å². The van der Waals surface area contributed by atoms with Gasteiger partial charge >= 0.3 is 6.09 Å². The number of hydrogen-bond donors (Lipinski definition) is 3. The van der Waals surface area contributed by atoms with Crippen LogP contribution in [0.3, 0.4) is 0 Å². The number of H-pyrrole nitrogens is 1. The van der Waals surface area contributed by atoms with E-state index in [9.17, 15) is 14.7 Å². The summed E-state index contributed by atoms with van der Waals surface area (Å²) in [6.07, 6.45) is 3.93. The Balaban J connectivity index is 1.30. The lowest BCUT2D eigenvalue weighted by Crippen LogP contribution is -2.30. The van der Waals surface area contributed by atoms with Gasteiger partial charge in [0.25, 0.3) is 5.91 Å². The van der Waals surface area contributed by atoms with Gasteiger partial charge in [-0.3, -0.25) is 19.7 Å². The molecule has 4 rings (SSSR count). The number of anilines is 1. The van der Waals surface area contributed by atoms with Crippen molar-refractivity contribution in [1.29, 1.82) is 0 Å². The predicted octanol–water partition coefficient (Wildman–Crippen LogP) is 3.38. The Labute approximate surface area is 214 Å². The first-order valence-corrected chi connectivity index (χ1v) is 12.4. The molecule has 2 fully saturated rings. The average Bonchev–Trinajstić information content (AvgIpc) is 3.63. The van der Waals surface area contributed by atoms with Gasteiger partial charge in [-0.15, -0.1) is 0 Å². The van der Waals surface area contributed by atoms with Crippen molar-refractivity contribution in [3.05, 3.63) is 29.5 Å². The van der Waals surface area contributed by atoms with Gasteiger partial charge in [-0.1, -0.05) is 0 Å². The monoisotopic (exact) mass is 515 g/mol. The highest BCUT2D eigenvalue weighted by Gasteiger charge is 2.32. The Hall–Kier alpha value is -3.80. The number of rotatable bonds is 9. The third kappa shape index (κ3) is 6.91. The van der Waals surface area contributed by atoms with E-state index in [1.165, 1.54) is 24.5 Å². The molecule has 2 heterocycles. The molecule has 1 aromatic carbocycles. The normalized spacial score (nSPS) is 19.5. The van der Waals surface area contributed by atoms with Gasteiger partial charge in [-0.25, -0.2) is 4.79 Å². The molecule has 2 amide bonds. The lowest BCUT2D eigenvalue weighted by molar-refractivity contribution is -0.118. The number of carbonyl (C=O) groups is 2. The molecular weight excluding hydrogens is 482 g/mol. The van der Waals surface area contributed by atoms with Crippen LogP contribution in [0.15, 0.2) is 23.2 Å². The van der Waals surface area contributed by atoms with E-state index in [0.29, 0.717) is 36.7 Å². The van der Waals surface area contributed by atoms with Gasteiger partial charge in [0.15, 0.2) is 12.4 Å². The number of nitrogens with one attached hydrogen (secondary N) is 2. The molecule has 1 saturated carbocycles. The van der Waals surface area contributed by atoms with Gasteiger partial charge in [0, 0.05) is 42.1 Å². The van der Waals surface area contributed by atoms with E-state index in [0.717, 1.165) is 25.0 Å². The van der Waals surface area contributed by atoms with Crippen LogP contribution in [0.4, 0.5) is 10.6 Å². The van der Waals surface area contributed by atoms with E-state index < -0.39 is 12.0 Å². The number of ether oxygens (including phenoxy) is 3. The van der Waals surface area contributed by atoms with Crippen molar-refractivity contribution in [3.8, 4) is 17.2 Å². The molecule has 1 aromatic heterocycles. The molecule has 1 aliphatic heterocycles. The number of aliphatic imine (C=N–C) groups is 1. The smallest absolute Gasteiger partial charge is 0.434 e. The first kappa shape index (κ1) is 26.3. The summed E-state index contributed by atoms with van der Waals surface area (Å²) in [6, 6.07) is 4.83. The molecule has 3 N–H and O–H groups in total. The number of amides is 2. The molecule has 0 spiro atoms. The zero-order chi connectivity index (χ0) is 26.4. The summed E-state index contributed by atoms with van der Waals surface area (Å²) < 4.78 is 16.4. The number of carbonyl (C=O) groups excluding carboxylic acids is 2. The number of phenolic OH excluding ortho intramolecular Hbond substituents is 1. The van der Waals surface area contributed by atoms with Crippen molar-refractivity contribution in [3.63, 3.8) is 0 Å². The molecule has 2 aliphatic rings. The first-order chi connectivity index (χ1) is 17.8. The summed E-state index contributed by atoms with van der Waals surface area (Å²) in [5.41, 5.74) is 1.22. The van der Waals surface area contributed by atoms with Gasteiger partial charge in [-0.2, -0.15) is 10.2 Å². The summed E-state index contributed by atoms with van der Waals surface area (Å²) in [5.74, 6) is 0.671. The lowest BCUT2D eigenvalue weighted by atomic mass is 10.0. The molecule has 0 bridgehead atoms. The largest absolute Gasteiger partial charge is 0.507 e. The van der Waals surface area contributed by atoms with Crippen molar-refractivity contribution in [2.45, 2.75) is 57.6 Å². The summed E-state index contributed by atoms with van der Waals surface area (Å²) >= 11 is 0. The van der Waals surface area contributed by atoms with Crippen LogP contribution in [0.25, 0.3) is 0 Å². The molecule has 1 saturated heterocycles. The molecule has 12 heteroatoms. The van der Waals surface area contributed by atoms with Crippen LogP contribution < -0.4 is 14.8 Å². The molecule has 200 valence electrons. The number of nitrogens with zero attached hydrogens (tertiary/aromatic N) is 3. The maximum Gasteiger partial charge on any atom is 0.434 e. The zero-order valence-electron chi connectivity index (χ0n) is 21.2. The zero-order valence-corrected chi connectivity index (χ0v) is 21.2. The Kier molecular flexibility index (Phi) is 8.49. The number of phenols is 1. The van der Waals surface area contributed by atoms with Crippen molar-refractivity contribution >= 4 is 24.0 Å². The summed E-state index contributed by atoms with van der Waals surface area (Å²) in [4.78, 5) is 34.2. The SMILES string of the molecule is COc1cc(O)c(/C=N/C(C)C)c(OCC(=O)Nc2cc([C@H]3CC[C@@H](OC(=O)N4CCCO4)C3)[nH]n2)c1. The number of methoxy groups -OCH3 is 1. The van der Waals surface area contributed by atoms with Crippen molar-refractivity contribution < 1.29 is 33.7 Å². The first-order valence-electron chi connectivity index (χ1n) is 12.4. The van der Waals surface area contributed by atoms with Crippen LogP contribution in [-0.2, 0) is 14.4 Å². The number of benzene rings is 1. The molecular formula is C25H33N5O7. The number of aromatic nitrogens is 2. The lowest BCUT2D eigenvalue weighted by Gasteiger charge is -2.17. The number of aromatic hydroxyl groups is 1. The highest BCUT2D eigenvalue weighted by atomic mass is 16.7. The third-order valence-corrected chi connectivity index (χ3v) is 6.10. The third-order valence-electron chi connectivity index (χ3n) is 6.10. The minimum absolute atomic E-state index is 0.0211. The molecule has 12 nitrogen and oxygen atoms in total. The highest BCUT2D eigenvalue weighted by Crippen LogP contribution is 2.36. The Morgan fingerprint density at radius 2 is 2.19 bits per heavy atom. The van der Waals surface area contributed by atoms with Gasteiger partial charge < -0.3 is 24.6 Å². The van der Waals surface area contributed by atoms with Crippen LogP contribution in [-0.4, -0.2) is 77.6 Å². The maximum atomic E-state index is 12.5. The van der Waals surface area contributed by atoms with Gasteiger partial charge in [0.05, 0.1) is 25.8 Å². The fourth-order valence-corrected chi connectivity index (χ4v) is 4.23. The minimum atomic E-state index is -0.441. The van der Waals surface area contributed by atoms with Crippen molar-refractivity contribution in [2.24, 2.45) is 4.99 Å². The summed E-state index contributed by atoms with van der Waals surface area (Å²) in [5, 5.41) is 21.5. The second kappa shape index (κ2) is 12.0. The van der Waals surface area contributed by atoms with Crippen LogP contribution in [0.5, 0.6) is 17.2 Å². The van der Waals surface area contributed by atoms with E-state index in [1.54, 1.807) is 12.1 Å². The average molecular weight is 516 g/mol. The molecule has 2 atom stereocenters. The summed E-state index contributed by atoms with van der Waals surface area (Å²) in [7, 11) is 1.47. The second-order valence-electron chi connectivity index (χ2n) is 9.28. The van der Waals surface area contributed by atoms with E-state index in [1.807, 2.05) is 13.8 Å². The van der Waals surface area contributed by atoms with E-state index in [2.05, 4.69) is 20.5 Å². The second-order valence-corrected chi connectivity index (χ2v) is 9.28. The predicted molar refractivity (Wildman–Crippen MR) is 134 cm³/mol. The molecule has 37 heavy (non-hydrogen) atoms. The van der Waals surface area contributed by atoms with Gasteiger partial charge in [0.2, 0.25) is 0 Å². The van der Waals surface area contributed by atoms with E-state index >= 15 is 0 Å². The van der Waals surface area contributed by atoms with Crippen LogP contribution in [0, 0.1) is 0 Å². The fourth-order valence-electron chi connectivity index (χ4n) is 4.23. The molecule has 2 aromatic rings. The summed E-state index contributed by atoms with van der Waals surface area (Å²) in [6.45, 7) is 4.59. The number of hydrogen-bond acceptors (Lipinski definition) is 9. The Bertz CT molecular complexity index is 1130. The van der Waals surface area contributed by atoms with Gasteiger partial charge in [-0.05, 0) is 39.5 Å². The topological polar surface area (TPSA) is 148 Å². The minimum Gasteiger partial charge on any atom is -0.507 e. The van der Waals surface area contributed by atoms with Crippen LogP contribution >= 0.6 is 0 Å². The standard InChI is InChI=1S/C25H33N5O7/c1-15(2)26-13-19-21(31)10-18(34-3)11-22(19)35-14-24(32)27-23-12-20(28-29-23)16-5-6-17(9-16)37-25(33)30-7-4-8-36-30/h10-13,15-17,31H,4-9,14H2,1-3H3,(H2,27,28,29,32)/b26-13+/t16-,17+/m0/s1. The quantitative estimate of drug-likeness (QED) is 0.431. The van der Waals surface area contributed by atoms with Gasteiger partial charge in [0.1, 0.15) is 23.4 Å². The molecule has 0 unspecified atom stereocenters. The number of hydroxylamine groups is 2. The van der Waals surface area contributed by atoms with E-state index in [-0.39, 0.29) is 36.2 Å². The van der Waals surface area contributed by atoms with Crippen molar-refractivity contribution in [1.82, 2.24) is 15.3 Å². The highest BCUT2D eigenvalue weighted by molar-refractivity contribution is 5.92. The number of aromatic amines is 1.